The minimum Gasteiger partial charge on any atom is -0.493 e. The summed E-state index contributed by atoms with van der Waals surface area (Å²) in [7, 11) is 3.25. The fourth-order valence-corrected chi connectivity index (χ4v) is 4.46. The number of hydrogen-bond donors (Lipinski definition) is 1. The van der Waals surface area contributed by atoms with Crippen LogP contribution in [0, 0.1) is 6.92 Å². The maximum atomic E-state index is 6.05. The van der Waals surface area contributed by atoms with Crippen molar-refractivity contribution in [2.24, 2.45) is 0 Å². The molecule has 192 valence electrons. The van der Waals surface area contributed by atoms with Crippen molar-refractivity contribution in [2.45, 2.75) is 26.5 Å². The van der Waals surface area contributed by atoms with E-state index in [0.29, 0.717) is 23.9 Å². The van der Waals surface area contributed by atoms with Gasteiger partial charge in [0.25, 0.3) is 0 Å². The molecule has 5 aromatic rings. The number of aryl methyl sites for hydroxylation is 1. The maximum Gasteiger partial charge on any atom is 0.162 e. The first kappa shape index (κ1) is 25.1. The third kappa shape index (κ3) is 5.54. The van der Waals surface area contributed by atoms with Gasteiger partial charge in [0.1, 0.15) is 24.0 Å². The average molecular weight is 506 g/mol. The topological polar surface area (TPSA) is 65.5 Å². The van der Waals surface area contributed by atoms with E-state index in [1.807, 2.05) is 49.4 Å². The number of anilines is 1. The SMILES string of the molecule is COc1cc2nc(C)nc(N[C@H](C)c3cccc(-c4cccc(OCc5ccccc5)c4)c3)c2cc1OC. The van der Waals surface area contributed by atoms with Crippen LogP contribution in [0.4, 0.5) is 5.82 Å². The van der Waals surface area contributed by atoms with E-state index >= 15 is 0 Å². The Morgan fingerprint density at radius 1 is 0.763 bits per heavy atom. The molecule has 0 amide bonds. The highest BCUT2D eigenvalue weighted by molar-refractivity contribution is 5.92. The van der Waals surface area contributed by atoms with Crippen LogP contribution in [0.5, 0.6) is 17.2 Å². The molecule has 6 nitrogen and oxygen atoms in total. The van der Waals surface area contributed by atoms with Crippen LogP contribution in [0.25, 0.3) is 22.0 Å². The molecular formula is C32H31N3O3. The molecule has 6 heteroatoms. The number of benzene rings is 4. The van der Waals surface area contributed by atoms with Gasteiger partial charge in [-0.15, -0.1) is 0 Å². The van der Waals surface area contributed by atoms with E-state index in [1.54, 1.807) is 14.2 Å². The lowest BCUT2D eigenvalue weighted by Gasteiger charge is -2.18. The molecule has 0 saturated carbocycles. The lowest BCUT2D eigenvalue weighted by Crippen LogP contribution is -2.10. The van der Waals surface area contributed by atoms with E-state index in [0.717, 1.165) is 44.7 Å². The summed E-state index contributed by atoms with van der Waals surface area (Å²) >= 11 is 0. The quantitative estimate of drug-likeness (QED) is 0.226. The third-order valence-corrected chi connectivity index (χ3v) is 6.47. The van der Waals surface area contributed by atoms with Crippen LogP contribution in [0.1, 0.15) is 29.9 Å². The lowest BCUT2D eigenvalue weighted by molar-refractivity contribution is 0.306. The van der Waals surface area contributed by atoms with Gasteiger partial charge in [0.15, 0.2) is 11.5 Å². The number of methoxy groups -OCH3 is 2. The zero-order valence-corrected chi connectivity index (χ0v) is 22.1. The van der Waals surface area contributed by atoms with Crippen LogP contribution in [-0.2, 0) is 6.61 Å². The van der Waals surface area contributed by atoms with Gasteiger partial charge in [-0.1, -0.05) is 60.7 Å². The standard InChI is InChI=1S/C32H31N3O3/c1-21(33-32-28-18-30(36-3)31(37-4)19-29(28)34-22(2)35-32)24-12-8-13-25(16-24)26-14-9-15-27(17-26)38-20-23-10-6-5-7-11-23/h5-19,21H,20H2,1-4H3,(H,33,34,35)/t21-/m1/s1. The van der Waals surface area contributed by atoms with Crippen molar-refractivity contribution >= 4 is 16.7 Å². The Bertz CT molecular complexity index is 1550. The summed E-state index contributed by atoms with van der Waals surface area (Å²) in [5.41, 5.74) is 5.30. The monoisotopic (exact) mass is 505 g/mol. The molecule has 0 aliphatic carbocycles. The Labute approximate surface area is 223 Å². The van der Waals surface area contributed by atoms with Gasteiger partial charge in [-0.3, -0.25) is 0 Å². The van der Waals surface area contributed by atoms with Crippen molar-refractivity contribution in [1.29, 1.82) is 0 Å². The molecular weight excluding hydrogens is 474 g/mol. The minimum atomic E-state index is -0.00180. The fourth-order valence-electron chi connectivity index (χ4n) is 4.46. The first-order chi connectivity index (χ1) is 18.5. The number of fused-ring (bicyclic) bond motifs is 1. The maximum absolute atomic E-state index is 6.05. The van der Waals surface area contributed by atoms with E-state index in [4.69, 9.17) is 19.2 Å². The highest BCUT2D eigenvalue weighted by Crippen LogP contribution is 2.35. The molecule has 1 atom stereocenters. The zero-order valence-electron chi connectivity index (χ0n) is 22.1. The molecule has 0 radical (unpaired) electrons. The largest absolute Gasteiger partial charge is 0.493 e. The summed E-state index contributed by atoms with van der Waals surface area (Å²) in [6, 6.07) is 30.7. The second-order valence-corrected chi connectivity index (χ2v) is 9.14. The molecule has 1 N–H and O–H groups in total. The summed E-state index contributed by atoms with van der Waals surface area (Å²) in [6.07, 6.45) is 0. The Morgan fingerprint density at radius 2 is 1.47 bits per heavy atom. The van der Waals surface area contributed by atoms with Crippen molar-refractivity contribution in [1.82, 2.24) is 9.97 Å². The molecule has 1 aromatic heterocycles. The normalized spacial score (nSPS) is 11.7. The van der Waals surface area contributed by atoms with Crippen molar-refractivity contribution in [2.75, 3.05) is 19.5 Å². The summed E-state index contributed by atoms with van der Waals surface area (Å²) in [4.78, 5) is 9.30. The molecule has 0 spiro atoms. The van der Waals surface area contributed by atoms with Gasteiger partial charge in [0.05, 0.1) is 19.7 Å². The van der Waals surface area contributed by atoms with Gasteiger partial charge in [0, 0.05) is 17.5 Å². The number of nitrogens with one attached hydrogen (secondary N) is 1. The van der Waals surface area contributed by atoms with Crippen LogP contribution < -0.4 is 19.5 Å². The summed E-state index contributed by atoms with van der Waals surface area (Å²) in [6.45, 7) is 4.55. The van der Waals surface area contributed by atoms with Gasteiger partial charge in [-0.2, -0.15) is 0 Å². The first-order valence-corrected chi connectivity index (χ1v) is 12.6. The highest BCUT2D eigenvalue weighted by Gasteiger charge is 2.15. The van der Waals surface area contributed by atoms with Crippen LogP contribution >= 0.6 is 0 Å². The molecule has 38 heavy (non-hydrogen) atoms. The van der Waals surface area contributed by atoms with Crippen molar-refractivity contribution in [3.63, 3.8) is 0 Å². The number of hydrogen-bond acceptors (Lipinski definition) is 6. The Morgan fingerprint density at radius 3 is 2.24 bits per heavy atom. The summed E-state index contributed by atoms with van der Waals surface area (Å²) < 4.78 is 17.0. The zero-order chi connectivity index (χ0) is 26.5. The van der Waals surface area contributed by atoms with Crippen molar-refractivity contribution in [3.05, 3.63) is 108 Å². The first-order valence-electron chi connectivity index (χ1n) is 12.6. The lowest BCUT2D eigenvalue weighted by atomic mass is 10.00. The number of rotatable bonds is 9. The van der Waals surface area contributed by atoms with Gasteiger partial charge < -0.3 is 19.5 Å². The predicted octanol–water partition coefficient (Wildman–Crippen LogP) is 7.37. The Balaban J connectivity index is 1.38. The van der Waals surface area contributed by atoms with Gasteiger partial charge in [-0.25, -0.2) is 9.97 Å². The number of aromatic nitrogens is 2. The van der Waals surface area contributed by atoms with E-state index in [-0.39, 0.29) is 6.04 Å². The molecule has 0 fully saturated rings. The van der Waals surface area contributed by atoms with Gasteiger partial charge in [-0.05, 0) is 60.4 Å². The second-order valence-electron chi connectivity index (χ2n) is 9.14. The smallest absolute Gasteiger partial charge is 0.162 e. The Kier molecular flexibility index (Phi) is 7.40. The van der Waals surface area contributed by atoms with Gasteiger partial charge >= 0.3 is 0 Å². The van der Waals surface area contributed by atoms with Crippen molar-refractivity contribution < 1.29 is 14.2 Å². The molecule has 4 aromatic carbocycles. The second kappa shape index (κ2) is 11.2. The highest BCUT2D eigenvalue weighted by atomic mass is 16.5. The minimum absolute atomic E-state index is 0.00180. The Hall–Kier alpha value is -4.58. The molecule has 0 unspecified atom stereocenters. The van der Waals surface area contributed by atoms with Crippen molar-refractivity contribution in [3.8, 4) is 28.4 Å². The van der Waals surface area contributed by atoms with E-state index < -0.39 is 0 Å². The van der Waals surface area contributed by atoms with E-state index in [9.17, 15) is 0 Å². The van der Waals surface area contributed by atoms with Gasteiger partial charge in [0.2, 0.25) is 0 Å². The molecule has 0 aliphatic heterocycles. The number of ether oxygens (including phenoxy) is 3. The summed E-state index contributed by atoms with van der Waals surface area (Å²) in [5.74, 6) is 3.55. The van der Waals surface area contributed by atoms with Crippen LogP contribution in [0.15, 0.2) is 91.0 Å². The molecule has 1 heterocycles. The average Bonchev–Trinajstić information content (AvgIpc) is 2.96. The van der Waals surface area contributed by atoms with Crippen LogP contribution in [-0.4, -0.2) is 24.2 Å². The predicted molar refractivity (Wildman–Crippen MR) is 152 cm³/mol. The fraction of sp³-hybridized carbons (Fsp3) is 0.188. The molecule has 0 aliphatic rings. The van der Waals surface area contributed by atoms with E-state index in [1.165, 1.54) is 0 Å². The number of nitrogens with zero attached hydrogens (tertiary/aromatic N) is 2. The molecule has 5 rings (SSSR count). The van der Waals surface area contributed by atoms with Crippen LogP contribution in [0.2, 0.25) is 0 Å². The van der Waals surface area contributed by atoms with Crippen LogP contribution in [0.3, 0.4) is 0 Å². The van der Waals surface area contributed by atoms with E-state index in [2.05, 4.69) is 65.8 Å². The molecule has 0 bridgehead atoms. The third-order valence-electron chi connectivity index (χ3n) is 6.47. The molecule has 0 saturated heterocycles. The summed E-state index contributed by atoms with van der Waals surface area (Å²) in [5, 5.41) is 4.46.